The van der Waals surface area contributed by atoms with Crippen molar-refractivity contribution in [3.05, 3.63) is 47.9 Å². The number of aromatic nitrogens is 2. The summed E-state index contributed by atoms with van der Waals surface area (Å²) in [4.78, 5) is 18.2. The van der Waals surface area contributed by atoms with Crippen LogP contribution in [0, 0.1) is 0 Å². The fourth-order valence-electron chi connectivity index (χ4n) is 1.49. The van der Waals surface area contributed by atoms with E-state index in [1.54, 1.807) is 0 Å². The summed E-state index contributed by atoms with van der Waals surface area (Å²) in [6.07, 6.45) is 2.83. The number of rotatable bonds is 4. The highest BCUT2D eigenvalue weighted by Crippen LogP contribution is 2.35. The van der Waals surface area contributed by atoms with Crippen LogP contribution in [0.3, 0.4) is 0 Å². The van der Waals surface area contributed by atoms with Gasteiger partial charge in [0.05, 0.1) is 5.56 Å². The first kappa shape index (κ1) is 13.9. The second kappa shape index (κ2) is 5.20. The van der Waals surface area contributed by atoms with E-state index in [-0.39, 0.29) is 11.4 Å². The average Bonchev–Trinajstić information content (AvgIpc) is 2.38. The van der Waals surface area contributed by atoms with Gasteiger partial charge >= 0.3 is 5.97 Å². The lowest BCUT2D eigenvalue weighted by Crippen LogP contribution is -2.12. The lowest BCUT2D eigenvalue weighted by molar-refractivity contribution is 0.0148. The summed E-state index contributed by atoms with van der Waals surface area (Å²) in [5, 5.41) is 8.85. The summed E-state index contributed by atoms with van der Waals surface area (Å²) >= 11 is 0. The van der Waals surface area contributed by atoms with Crippen LogP contribution in [0.2, 0.25) is 0 Å². The van der Waals surface area contributed by atoms with Gasteiger partial charge < -0.3 is 9.84 Å². The van der Waals surface area contributed by atoms with Crippen LogP contribution in [0.4, 0.5) is 8.78 Å². The van der Waals surface area contributed by atoms with Gasteiger partial charge in [-0.15, -0.1) is 0 Å². The number of carboxylic acids is 1. The van der Waals surface area contributed by atoms with Gasteiger partial charge in [0.2, 0.25) is 5.88 Å². The van der Waals surface area contributed by atoms with Crippen LogP contribution in [0.5, 0.6) is 11.6 Å². The number of carboxylic acid groups (broad SMARTS) is 1. The molecule has 0 saturated carbocycles. The lowest BCUT2D eigenvalue weighted by atomic mass is 10.1. The van der Waals surface area contributed by atoms with Crippen molar-refractivity contribution in [1.82, 2.24) is 9.97 Å². The maximum Gasteiger partial charge on any atom is 0.354 e. The number of hydrogen-bond acceptors (Lipinski definition) is 4. The standard InChI is InChI=1S/C13H10F2N2O3/c1-13(14,15)9-2-3-10(12(18)19)17-11(9)20-8-4-6-16-7-5-8/h2-7H,1H3,(H,18,19). The molecular formula is C13H10F2N2O3. The molecule has 104 valence electrons. The number of pyridine rings is 2. The molecule has 0 fully saturated rings. The van der Waals surface area contributed by atoms with Gasteiger partial charge in [-0.2, -0.15) is 0 Å². The van der Waals surface area contributed by atoms with Gasteiger partial charge in [0.25, 0.3) is 5.92 Å². The van der Waals surface area contributed by atoms with Crippen molar-refractivity contribution >= 4 is 5.97 Å². The fraction of sp³-hybridized carbons (Fsp3) is 0.154. The topological polar surface area (TPSA) is 72.3 Å². The average molecular weight is 280 g/mol. The van der Waals surface area contributed by atoms with Crippen molar-refractivity contribution < 1.29 is 23.4 Å². The van der Waals surface area contributed by atoms with Crippen molar-refractivity contribution in [1.29, 1.82) is 0 Å². The molecule has 0 saturated heterocycles. The zero-order valence-electron chi connectivity index (χ0n) is 10.4. The molecule has 0 radical (unpaired) electrons. The minimum atomic E-state index is -3.20. The predicted molar refractivity (Wildman–Crippen MR) is 65.1 cm³/mol. The zero-order chi connectivity index (χ0) is 14.8. The monoisotopic (exact) mass is 280 g/mol. The maximum absolute atomic E-state index is 13.5. The highest BCUT2D eigenvalue weighted by molar-refractivity contribution is 5.85. The Morgan fingerprint density at radius 3 is 2.45 bits per heavy atom. The minimum absolute atomic E-state index is 0.237. The molecule has 0 aromatic carbocycles. The molecule has 0 atom stereocenters. The van der Waals surface area contributed by atoms with Gasteiger partial charge in [-0.3, -0.25) is 4.98 Å². The summed E-state index contributed by atoms with van der Waals surface area (Å²) in [7, 11) is 0. The van der Waals surface area contributed by atoms with E-state index < -0.39 is 23.3 Å². The molecule has 7 heteroatoms. The quantitative estimate of drug-likeness (QED) is 0.931. The van der Waals surface area contributed by atoms with Crippen LogP contribution in [-0.4, -0.2) is 21.0 Å². The number of aromatic carboxylic acids is 1. The largest absolute Gasteiger partial charge is 0.477 e. The van der Waals surface area contributed by atoms with Crippen molar-refractivity contribution in [2.75, 3.05) is 0 Å². The van der Waals surface area contributed by atoms with Crippen molar-refractivity contribution in [2.45, 2.75) is 12.8 Å². The summed E-state index contributed by atoms with van der Waals surface area (Å²) in [5.41, 5.74) is -0.860. The van der Waals surface area contributed by atoms with Crippen LogP contribution in [0.1, 0.15) is 23.0 Å². The third-order valence-corrected chi connectivity index (χ3v) is 2.42. The third kappa shape index (κ3) is 3.05. The fourth-order valence-corrected chi connectivity index (χ4v) is 1.49. The van der Waals surface area contributed by atoms with Crippen molar-refractivity contribution in [3.63, 3.8) is 0 Å². The van der Waals surface area contributed by atoms with Gasteiger partial charge in [0, 0.05) is 19.3 Å². The molecule has 2 aromatic heterocycles. The van der Waals surface area contributed by atoms with E-state index in [0.717, 1.165) is 12.1 Å². The number of nitrogens with zero attached hydrogens (tertiary/aromatic N) is 2. The van der Waals surface area contributed by atoms with E-state index in [4.69, 9.17) is 9.84 Å². The van der Waals surface area contributed by atoms with Crippen LogP contribution in [0.25, 0.3) is 0 Å². The highest BCUT2D eigenvalue weighted by atomic mass is 19.3. The highest BCUT2D eigenvalue weighted by Gasteiger charge is 2.30. The molecule has 0 spiro atoms. The zero-order valence-corrected chi connectivity index (χ0v) is 10.4. The summed E-state index contributed by atoms with van der Waals surface area (Å²) in [5.74, 6) is -4.73. The Morgan fingerprint density at radius 1 is 1.25 bits per heavy atom. The summed E-state index contributed by atoms with van der Waals surface area (Å²) in [6.45, 7) is 0.684. The molecule has 5 nitrogen and oxygen atoms in total. The SMILES string of the molecule is CC(F)(F)c1ccc(C(=O)O)nc1Oc1ccncc1. The number of ether oxygens (including phenoxy) is 1. The molecule has 20 heavy (non-hydrogen) atoms. The molecule has 2 aromatic rings. The predicted octanol–water partition coefficient (Wildman–Crippen LogP) is 3.08. The van der Waals surface area contributed by atoms with Gasteiger partial charge in [0.15, 0.2) is 5.69 Å². The van der Waals surface area contributed by atoms with E-state index in [9.17, 15) is 13.6 Å². The van der Waals surface area contributed by atoms with E-state index in [1.165, 1.54) is 24.5 Å². The Balaban J connectivity index is 2.47. The summed E-state index contributed by atoms with van der Waals surface area (Å²) < 4.78 is 32.2. The van der Waals surface area contributed by atoms with E-state index in [2.05, 4.69) is 9.97 Å². The number of halogens is 2. The lowest BCUT2D eigenvalue weighted by Gasteiger charge is -2.15. The van der Waals surface area contributed by atoms with Crippen LogP contribution >= 0.6 is 0 Å². The third-order valence-electron chi connectivity index (χ3n) is 2.42. The Morgan fingerprint density at radius 2 is 1.90 bits per heavy atom. The number of alkyl halides is 2. The Kier molecular flexibility index (Phi) is 3.60. The second-order valence-electron chi connectivity index (χ2n) is 4.03. The van der Waals surface area contributed by atoms with Crippen LogP contribution < -0.4 is 4.74 Å². The van der Waals surface area contributed by atoms with Crippen molar-refractivity contribution in [3.8, 4) is 11.6 Å². The first-order valence-corrected chi connectivity index (χ1v) is 5.58. The van der Waals surface area contributed by atoms with Gasteiger partial charge in [-0.25, -0.2) is 18.6 Å². The van der Waals surface area contributed by atoms with Gasteiger partial charge in [-0.1, -0.05) is 0 Å². The van der Waals surface area contributed by atoms with E-state index in [0.29, 0.717) is 6.92 Å². The molecule has 0 aliphatic rings. The maximum atomic E-state index is 13.5. The Hall–Kier alpha value is -2.57. The van der Waals surface area contributed by atoms with Crippen LogP contribution in [0.15, 0.2) is 36.7 Å². The first-order valence-electron chi connectivity index (χ1n) is 5.58. The molecule has 0 unspecified atom stereocenters. The molecule has 1 N–H and O–H groups in total. The minimum Gasteiger partial charge on any atom is -0.477 e. The van der Waals surface area contributed by atoms with Crippen LogP contribution in [-0.2, 0) is 5.92 Å². The molecule has 2 rings (SSSR count). The molecule has 0 aliphatic carbocycles. The normalized spacial score (nSPS) is 11.2. The number of carbonyl (C=O) groups is 1. The Bertz CT molecular complexity index is 627. The molecule has 0 bridgehead atoms. The van der Waals surface area contributed by atoms with E-state index >= 15 is 0 Å². The smallest absolute Gasteiger partial charge is 0.354 e. The Labute approximate surface area is 112 Å². The molecular weight excluding hydrogens is 270 g/mol. The summed E-state index contributed by atoms with van der Waals surface area (Å²) in [6, 6.07) is 4.90. The van der Waals surface area contributed by atoms with Crippen molar-refractivity contribution in [2.24, 2.45) is 0 Å². The number of hydrogen-bond donors (Lipinski definition) is 1. The molecule has 0 amide bonds. The van der Waals surface area contributed by atoms with Gasteiger partial charge in [-0.05, 0) is 24.3 Å². The second-order valence-corrected chi connectivity index (χ2v) is 4.03. The molecule has 2 heterocycles. The first-order chi connectivity index (χ1) is 9.38. The molecule has 0 aliphatic heterocycles. The van der Waals surface area contributed by atoms with Gasteiger partial charge in [0.1, 0.15) is 5.75 Å². The van der Waals surface area contributed by atoms with E-state index in [1.807, 2.05) is 0 Å².